The van der Waals surface area contributed by atoms with Crippen LogP contribution in [0.15, 0.2) is 64.5 Å². The van der Waals surface area contributed by atoms with E-state index in [0.29, 0.717) is 35.9 Å². The first-order valence-electron chi connectivity index (χ1n) is 9.22. The molecule has 0 aliphatic heterocycles. The predicted octanol–water partition coefficient (Wildman–Crippen LogP) is 2.95. The standard InChI is InChI=1S/C21H18N4O5S2/c1-32(27,28)21-25-24-20(31-21)23-19(26)16(14-22)13-15-7-9-18(10-8-15)30-12-11-29-17-5-3-2-4-6-17/h2-10,13H,11-12H2,1H3,(H,23,24,26)/b16-13-. The number of nitrogens with zero attached hydrogens (tertiary/aromatic N) is 3. The molecule has 2 aromatic carbocycles. The van der Waals surface area contributed by atoms with Crippen LogP contribution in [-0.4, -0.2) is 44.0 Å². The van der Waals surface area contributed by atoms with Crippen LogP contribution in [0, 0.1) is 11.3 Å². The van der Waals surface area contributed by atoms with Crippen molar-refractivity contribution in [2.45, 2.75) is 4.34 Å². The number of aromatic nitrogens is 2. The van der Waals surface area contributed by atoms with Crippen LogP contribution in [0.3, 0.4) is 0 Å². The summed E-state index contributed by atoms with van der Waals surface area (Å²) in [7, 11) is -3.52. The van der Waals surface area contributed by atoms with E-state index in [0.717, 1.165) is 12.0 Å². The Balaban J connectivity index is 1.55. The first kappa shape index (κ1) is 22.9. The Morgan fingerprint density at radius 2 is 1.69 bits per heavy atom. The Morgan fingerprint density at radius 1 is 1.06 bits per heavy atom. The third kappa shape index (κ3) is 6.63. The molecule has 9 nitrogen and oxygen atoms in total. The van der Waals surface area contributed by atoms with Gasteiger partial charge in [0.15, 0.2) is 0 Å². The molecule has 0 fully saturated rings. The lowest BCUT2D eigenvalue weighted by Crippen LogP contribution is -2.13. The first-order chi connectivity index (χ1) is 15.3. The third-order valence-electron chi connectivity index (χ3n) is 3.86. The molecule has 1 amide bonds. The number of anilines is 1. The number of rotatable bonds is 9. The van der Waals surface area contributed by atoms with E-state index in [4.69, 9.17) is 9.47 Å². The number of nitrogens with one attached hydrogen (secondary N) is 1. The zero-order valence-corrected chi connectivity index (χ0v) is 18.5. The molecule has 0 spiro atoms. The van der Waals surface area contributed by atoms with Gasteiger partial charge in [0.1, 0.15) is 36.4 Å². The van der Waals surface area contributed by atoms with Gasteiger partial charge in [0.25, 0.3) is 5.91 Å². The maximum Gasteiger partial charge on any atom is 0.268 e. The highest BCUT2D eigenvalue weighted by Gasteiger charge is 2.17. The normalized spacial score (nSPS) is 11.4. The van der Waals surface area contributed by atoms with Gasteiger partial charge in [-0.1, -0.05) is 41.7 Å². The number of sulfone groups is 1. The van der Waals surface area contributed by atoms with Gasteiger partial charge in [0.2, 0.25) is 19.3 Å². The molecule has 164 valence electrons. The smallest absolute Gasteiger partial charge is 0.268 e. The lowest BCUT2D eigenvalue weighted by atomic mass is 10.1. The van der Waals surface area contributed by atoms with Gasteiger partial charge in [-0.3, -0.25) is 10.1 Å². The maximum atomic E-state index is 12.3. The van der Waals surface area contributed by atoms with Crippen molar-refractivity contribution in [1.82, 2.24) is 10.2 Å². The van der Waals surface area contributed by atoms with E-state index in [1.54, 1.807) is 24.3 Å². The fourth-order valence-corrected chi connectivity index (χ4v) is 3.89. The molecule has 1 N–H and O–H groups in total. The highest BCUT2D eigenvalue weighted by molar-refractivity contribution is 7.92. The Labute approximate surface area is 188 Å². The Morgan fingerprint density at radius 3 is 2.25 bits per heavy atom. The summed E-state index contributed by atoms with van der Waals surface area (Å²) in [5.41, 5.74) is 0.435. The van der Waals surface area contributed by atoms with Crippen LogP contribution in [0.2, 0.25) is 0 Å². The highest BCUT2D eigenvalue weighted by Crippen LogP contribution is 2.21. The van der Waals surface area contributed by atoms with Gasteiger partial charge in [-0.25, -0.2) is 8.42 Å². The number of carbonyl (C=O) groups excluding carboxylic acids is 1. The van der Waals surface area contributed by atoms with Gasteiger partial charge in [0, 0.05) is 6.26 Å². The summed E-state index contributed by atoms with van der Waals surface area (Å²) in [5, 5.41) is 18.8. The largest absolute Gasteiger partial charge is 0.490 e. The molecule has 0 atom stereocenters. The van der Waals surface area contributed by atoms with E-state index < -0.39 is 15.7 Å². The molecule has 0 unspecified atom stereocenters. The number of carbonyl (C=O) groups is 1. The summed E-state index contributed by atoms with van der Waals surface area (Å²) < 4.78 is 33.9. The second-order valence-electron chi connectivity index (χ2n) is 6.35. The molecule has 0 bridgehead atoms. The fraction of sp³-hybridized carbons (Fsp3) is 0.143. The van der Waals surface area contributed by atoms with Crippen LogP contribution in [0.4, 0.5) is 5.13 Å². The second kappa shape index (κ2) is 10.5. The average molecular weight is 471 g/mol. The fourth-order valence-electron chi connectivity index (χ4n) is 2.39. The lowest BCUT2D eigenvalue weighted by molar-refractivity contribution is -0.112. The van der Waals surface area contributed by atoms with Crippen molar-refractivity contribution >= 4 is 38.3 Å². The van der Waals surface area contributed by atoms with Crippen molar-refractivity contribution in [2.75, 3.05) is 24.8 Å². The minimum atomic E-state index is -3.52. The van der Waals surface area contributed by atoms with E-state index in [1.807, 2.05) is 36.4 Å². The van der Waals surface area contributed by atoms with Crippen molar-refractivity contribution in [2.24, 2.45) is 0 Å². The van der Waals surface area contributed by atoms with E-state index in [1.165, 1.54) is 6.08 Å². The Hall–Kier alpha value is -3.75. The second-order valence-corrected chi connectivity index (χ2v) is 9.52. The monoisotopic (exact) mass is 470 g/mol. The van der Waals surface area contributed by atoms with Crippen molar-refractivity contribution in [3.63, 3.8) is 0 Å². The quantitative estimate of drug-likeness (QED) is 0.219. The summed E-state index contributed by atoms with van der Waals surface area (Å²) in [6.07, 6.45) is 2.39. The molecule has 0 radical (unpaired) electrons. The summed E-state index contributed by atoms with van der Waals surface area (Å²) in [5.74, 6) is 0.658. The predicted molar refractivity (Wildman–Crippen MR) is 119 cm³/mol. The molecule has 1 aromatic heterocycles. The van der Waals surface area contributed by atoms with Crippen molar-refractivity contribution < 1.29 is 22.7 Å². The maximum absolute atomic E-state index is 12.3. The zero-order valence-electron chi connectivity index (χ0n) is 16.9. The van der Waals surface area contributed by atoms with Crippen LogP contribution in [0.1, 0.15) is 5.56 Å². The minimum Gasteiger partial charge on any atom is -0.490 e. The zero-order chi connectivity index (χ0) is 23.0. The van der Waals surface area contributed by atoms with Crippen LogP contribution >= 0.6 is 11.3 Å². The molecule has 3 aromatic rings. The van der Waals surface area contributed by atoms with Gasteiger partial charge in [0.05, 0.1) is 0 Å². The van der Waals surface area contributed by atoms with Crippen molar-refractivity contribution in [1.29, 1.82) is 5.26 Å². The Kier molecular flexibility index (Phi) is 7.54. The molecule has 1 heterocycles. The average Bonchev–Trinajstić information content (AvgIpc) is 3.26. The topological polar surface area (TPSA) is 131 Å². The summed E-state index contributed by atoms with van der Waals surface area (Å²) in [6, 6.07) is 18.0. The Bertz CT molecular complexity index is 1250. The van der Waals surface area contributed by atoms with Crippen molar-refractivity contribution in [3.8, 4) is 17.6 Å². The number of nitriles is 1. The first-order valence-corrected chi connectivity index (χ1v) is 11.9. The molecule has 3 rings (SSSR count). The lowest BCUT2D eigenvalue weighted by Gasteiger charge is -2.08. The molecular weight excluding hydrogens is 452 g/mol. The highest BCUT2D eigenvalue weighted by atomic mass is 32.2. The molecule has 0 aliphatic carbocycles. The van der Waals surface area contributed by atoms with Crippen molar-refractivity contribution in [3.05, 3.63) is 65.7 Å². The van der Waals surface area contributed by atoms with Gasteiger partial charge in [-0.2, -0.15) is 5.26 Å². The molecule has 0 saturated carbocycles. The number of para-hydroxylation sites is 1. The van der Waals surface area contributed by atoms with Gasteiger partial charge < -0.3 is 9.47 Å². The number of hydrogen-bond acceptors (Lipinski definition) is 9. The molecule has 32 heavy (non-hydrogen) atoms. The molecule has 0 saturated heterocycles. The van der Waals surface area contributed by atoms with Gasteiger partial charge in [-0.05, 0) is 35.9 Å². The number of amides is 1. The summed E-state index contributed by atoms with van der Waals surface area (Å²) in [6.45, 7) is 0.740. The molecule has 0 aliphatic rings. The molecular formula is C21H18N4O5S2. The summed E-state index contributed by atoms with van der Waals surface area (Å²) in [4.78, 5) is 12.3. The van der Waals surface area contributed by atoms with Crippen LogP contribution < -0.4 is 14.8 Å². The van der Waals surface area contributed by atoms with E-state index in [9.17, 15) is 18.5 Å². The van der Waals surface area contributed by atoms with Crippen LogP contribution in [0.5, 0.6) is 11.5 Å². The van der Waals surface area contributed by atoms with E-state index in [2.05, 4.69) is 15.5 Å². The van der Waals surface area contributed by atoms with E-state index in [-0.39, 0.29) is 15.0 Å². The van der Waals surface area contributed by atoms with Gasteiger partial charge in [-0.15, -0.1) is 10.2 Å². The molecule has 11 heteroatoms. The minimum absolute atomic E-state index is 0.0157. The summed E-state index contributed by atoms with van der Waals surface area (Å²) >= 11 is 0.707. The number of ether oxygens (including phenoxy) is 2. The number of benzene rings is 2. The number of hydrogen-bond donors (Lipinski definition) is 1. The van der Waals surface area contributed by atoms with Gasteiger partial charge >= 0.3 is 0 Å². The van der Waals surface area contributed by atoms with Crippen LogP contribution in [-0.2, 0) is 14.6 Å². The third-order valence-corrected chi connectivity index (χ3v) is 6.37. The SMILES string of the molecule is CS(=O)(=O)c1nnc(NC(=O)/C(C#N)=C\c2ccc(OCCOc3ccccc3)cc2)s1. The van der Waals surface area contributed by atoms with E-state index >= 15 is 0 Å². The van der Waals surface area contributed by atoms with Crippen LogP contribution in [0.25, 0.3) is 6.08 Å².